The Morgan fingerprint density at radius 1 is 1.22 bits per heavy atom. The minimum Gasteiger partial charge on any atom is -0.480 e. The summed E-state index contributed by atoms with van der Waals surface area (Å²) in [4.78, 5) is 22.9. The second kappa shape index (κ2) is 6.90. The molecule has 3 N–H and O–H groups in total. The Morgan fingerprint density at radius 3 is 2.48 bits per heavy atom. The van der Waals surface area contributed by atoms with Gasteiger partial charge in [-0.3, -0.25) is 9.59 Å². The predicted molar refractivity (Wildman–Crippen MR) is 86.1 cm³/mol. The zero-order valence-electron chi connectivity index (χ0n) is 12.0. The fourth-order valence-corrected chi connectivity index (χ4v) is 4.01. The monoisotopic (exact) mass is 354 g/mol. The number of aliphatic carboxylic acids is 1. The van der Waals surface area contributed by atoms with Gasteiger partial charge in [-0.15, -0.1) is 11.3 Å². The van der Waals surface area contributed by atoms with Crippen LogP contribution in [-0.2, 0) is 14.8 Å². The fraction of sp³-hybridized carbons (Fsp3) is 0.143. The third-order valence-corrected chi connectivity index (χ3v) is 5.44. The Balaban J connectivity index is 2.14. The molecule has 0 unspecified atom stereocenters. The molecule has 0 saturated carbocycles. The van der Waals surface area contributed by atoms with Crippen LogP contribution in [0.3, 0.4) is 0 Å². The van der Waals surface area contributed by atoms with Crippen LogP contribution >= 0.6 is 11.3 Å². The Morgan fingerprint density at radius 2 is 1.87 bits per heavy atom. The van der Waals surface area contributed by atoms with Crippen molar-refractivity contribution < 1.29 is 23.1 Å². The van der Waals surface area contributed by atoms with Crippen molar-refractivity contribution in [3.63, 3.8) is 0 Å². The molecular weight excluding hydrogens is 340 g/mol. The van der Waals surface area contributed by atoms with Crippen LogP contribution in [0, 0.1) is 0 Å². The molecule has 2 rings (SSSR count). The van der Waals surface area contributed by atoms with Gasteiger partial charge in [-0.05, 0) is 25.1 Å². The molecule has 7 nitrogen and oxygen atoms in total. The normalized spacial score (nSPS) is 12.6. The number of nitrogens with one attached hydrogen (secondary N) is 2. The number of carbonyl (C=O) groups is 2. The van der Waals surface area contributed by atoms with Crippen molar-refractivity contribution in [2.24, 2.45) is 0 Å². The Hall–Kier alpha value is -2.23. The molecule has 2 aromatic rings. The van der Waals surface area contributed by atoms with Gasteiger partial charge in [-0.1, -0.05) is 18.2 Å². The Kier molecular flexibility index (Phi) is 5.14. The molecule has 9 heteroatoms. The molecule has 0 saturated heterocycles. The van der Waals surface area contributed by atoms with E-state index in [1.165, 1.54) is 18.4 Å². The minimum atomic E-state index is -3.99. The molecule has 0 bridgehead atoms. The molecular formula is C14H14N2O5S2. The summed E-state index contributed by atoms with van der Waals surface area (Å²) in [5, 5.41) is 12.7. The first-order valence-electron chi connectivity index (χ1n) is 6.49. The lowest BCUT2D eigenvalue weighted by molar-refractivity contribution is -0.138. The average Bonchev–Trinajstić information content (AvgIpc) is 2.98. The van der Waals surface area contributed by atoms with Gasteiger partial charge in [-0.25, -0.2) is 8.42 Å². The van der Waals surface area contributed by atoms with Crippen molar-refractivity contribution in [3.8, 4) is 0 Å². The van der Waals surface area contributed by atoms with Crippen molar-refractivity contribution >= 4 is 38.9 Å². The highest BCUT2D eigenvalue weighted by atomic mass is 32.2. The van der Waals surface area contributed by atoms with E-state index in [1.54, 1.807) is 30.3 Å². The lowest BCUT2D eigenvalue weighted by Gasteiger charge is -2.08. The molecule has 0 radical (unpaired) electrons. The number of thiophene rings is 1. The third kappa shape index (κ3) is 4.38. The molecule has 0 fully saturated rings. The summed E-state index contributed by atoms with van der Waals surface area (Å²) in [6.45, 7) is 1.22. The van der Waals surface area contributed by atoms with Gasteiger partial charge in [0.05, 0.1) is 9.77 Å². The van der Waals surface area contributed by atoms with Gasteiger partial charge in [0.1, 0.15) is 6.04 Å². The topological polar surface area (TPSA) is 113 Å². The molecule has 1 heterocycles. The summed E-state index contributed by atoms with van der Waals surface area (Å²) in [6, 6.07) is 8.69. The fourth-order valence-electron chi connectivity index (χ4n) is 1.64. The first-order valence-corrected chi connectivity index (χ1v) is 8.86. The van der Waals surface area contributed by atoms with Crippen molar-refractivity contribution in [2.45, 2.75) is 17.9 Å². The van der Waals surface area contributed by atoms with E-state index in [-0.39, 0.29) is 9.77 Å². The molecule has 1 aromatic heterocycles. The van der Waals surface area contributed by atoms with Gasteiger partial charge >= 0.3 is 5.97 Å². The zero-order chi connectivity index (χ0) is 17.0. The van der Waals surface area contributed by atoms with E-state index in [9.17, 15) is 18.0 Å². The molecule has 0 aliphatic heterocycles. The van der Waals surface area contributed by atoms with Crippen LogP contribution in [0.1, 0.15) is 16.6 Å². The lowest BCUT2D eigenvalue weighted by Crippen LogP contribution is -2.38. The third-order valence-electron chi connectivity index (χ3n) is 2.84. The number of rotatable bonds is 6. The number of benzene rings is 1. The quantitative estimate of drug-likeness (QED) is 0.731. The number of anilines is 1. The van der Waals surface area contributed by atoms with Crippen LogP contribution in [0.2, 0.25) is 0 Å². The standard InChI is InChI=1S/C14H14N2O5S2/c1-9(14(18)19)16-23(20,21)11-7-12(22-8-11)13(17)15-10-5-3-2-4-6-10/h2-9,16H,1H3,(H,15,17)(H,18,19)/t9-/m0/s1. The van der Waals surface area contributed by atoms with Gasteiger partial charge in [-0.2, -0.15) is 4.72 Å². The van der Waals surface area contributed by atoms with Gasteiger partial charge < -0.3 is 10.4 Å². The Bertz CT molecular complexity index is 815. The first-order chi connectivity index (χ1) is 10.8. The SMILES string of the molecule is C[C@H](NS(=O)(=O)c1csc(C(=O)Nc2ccccc2)c1)C(=O)O. The average molecular weight is 354 g/mol. The summed E-state index contributed by atoms with van der Waals surface area (Å²) >= 11 is 0.961. The highest BCUT2D eigenvalue weighted by Gasteiger charge is 2.23. The smallest absolute Gasteiger partial charge is 0.321 e. The highest BCUT2D eigenvalue weighted by molar-refractivity contribution is 7.89. The second-order valence-electron chi connectivity index (χ2n) is 4.65. The van der Waals surface area contributed by atoms with E-state index in [2.05, 4.69) is 5.32 Å². The molecule has 23 heavy (non-hydrogen) atoms. The van der Waals surface area contributed by atoms with Crippen LogP contribution in [-0.4, -0.2) is 31.4 Å². The maximum absolute atomic E-state index is 12.1. The van der Waals surface area contributed by atoms with E-state index in [0.717, 1.165) is 11.3 Å². The van der Waals surface area contributed by atoms with E-state index >= 15 is 0 Å². The maximum atomic E-state index is 12.1. The number of sulfonamides is 1. The van der Waals surface area contributed by atoms with Crippen molar-refractivity contribution in [2.75, 3.05) is 5.32 Å². The number of amides is 1. The molecule has 1 amide bonds. The molecule has 122 valence electrons. The van der Waals surface area contributed by atoms with Gasteiger partial charge in [0.25, 0.3) is 5.91 Å². The van der Waals surface area contributed by atoms with E-state index < -0.39 is 27.9 Å². The summed E-state index contributed by atoms with van der Waals surface area (Å²) in [6.07, 6.45) is 0. The molecule has 0 spiro atoms. The van der Waals surface area contributed by atoms with Crippen molar-refractivity contribution in [1.82, 2.24) is 4.72 Å². The lowest BCUT2D eigenvalue weighted by atomic mass is 10.3. The molecule has 0 aliphatic rings. The maximum Gasteiger partial charge on any atom is 0.321 e. The van der Waals surface area contributed by atoms with E-state index in [1.807, 2.05) is 4.72 Å². The van der Waals surface area contributed by atoms with E-state index in [4.69, 9.17) is 5.11 Å². The van der Waals surface area contributed by atoms with Crippen LogP contribution < -0.4 is 10.0 Å². The predicted octanol–water partition coefficient (Wildman–Crippen LogP) is 1.75. The van der Waals surface area contributed by atoms with E-state index in [0.29, 0.717) is 5.69 Å². The number of carbonyl (C=O) groups excluding carboxylic acids is 1. The van der Waals surface area contributed by atoms with Crippen molar-refractivity contribution in [1.29, 1.82) is 0 Å². The zero-order valence-corrected chi connectivity index (χ0v) is 13.6. The summed E-state index contributed by atoms with van der Waals surface area (Å²) in [5.74, 6) is -1.72. The highest BCUT2D eigenvalue weighted by Crippen LogP contribution is 2.21. The largest absolute Gasteiger partial charge is 0.480 e. The molecule has 1 atom stereocenters. The van der Waals surface area contributed by atoms with Crippen LogP contribution in [0.5, 0.6) is 0 Å². The van der Waals surface area contributed by atoms with Crippen LogP contribution in [0.4, 0.5) is 5.69 Å². The summed E-state index contributed by atoms with van der Waals surface area (Å²) in [7, 11) is -3.99. The van der Waals surface area contributed by atoms with Crippen LogP contribution in [0.25, 0.3) is 0 Å². The van der Waals surface area contributed by atoms with Crippen molar-refractivity contribution in [3.05, 3.63) is 46.7 Å². The number of hydrogen-bond donors (Lipinski definition) is 3. The minimum absolute atomic E-state index is 0.145. The second-order valence-corrected chi connectivity index (χ2v) is 7.27. The Labute approximate surface area is 137 Å². The van der Waals surface area contributed by atoms with Crippen LogP contribution in [0.15, 0.2) is 46.7 Å². The number of para-hydroxylation sites is 1. The number of carboxylic acids is 1. The molecule has 1 aromatic carbocycles. The first kappa shape index (κ1) is 17.1. The summed E-state index contributed by atoms with van der Waals surface area (Å²) in [5.41, 5.74) is 0.591. The number of hydrogen-bond acceptors (Lipinski definition) is 5. The summed E-state index contributed by atoms with van der Waals surface area (Å²) < 4.78 is 26.1. The van der Waals surface area contributed by atoms with Gasteiger partial charge in [0.15, 0.2) is 0 Å². The molecule has 0 aliphatic carbocycles. The van der Waals surface area contributed by atoms with Gasteiger partial charge in [0.2, 0.25) is 10.0 Å². The number of carboxylic acid groups (broad SMARTS) is 1. The van der Waals surface area contributed by atoms with Gasteiger partial charge in [0, 0.05) is 11.1 Å².